The average molecular weight is 249 g/mol. The molecule has 1 rings (SSSR count). The second kappa shape index (κ2) is 7.04. The monoisotopic (exact) mass is 249 g/mol. The molecule has 0 amide bonds. The molecule has 18 heavy (non-hydrogen) atoms. The molecule has 0 aromatic heterocycles. The summed E-state index contributed by atoms with van der Waals surface area (Å²) in [5.41, 5.74) is 2.31. The molecule has 3 nitrogen and oxygen atoms in total. The van der Waals surface area contributed by atoms with E-state index in [4.69, 9.17) is 0 Å². The summed E-state index contributed by atoms with van der Waals surface area (Å²) in [6.07, 6.45) is 4.12. The van der Waals surface area contributed by atoms with Crippen molar-refractivity contribution in [3.63, 3.8) is 0 Å². The lowest BCUT2D eigenvalue weighted by atomic mass is 9.89. The molecule has 3 heteroatoms. The van der Waals surface area contributed by atoms with Gasteiger partial charge in [-0.05, 0) is 31.9 Å². The minimum absolute atomic E-state index is 0.184. The Morgan fingerprint density at radius 2 is 2.06 bits per heavy atom. The van der Waals surface area contributed by atoms with Crippen LogP contribution in [0.3, 0.4) is 0 Å². The van der Waals surface area contributed by atoms with E-state index in [1.807, 2.05) is 19.1 Å². The zero-order valence-corrected chi connectivity index (χ0v) is 11.5. The zero-order chi connectivity index (χ0) is 13.5. The first-order valence-electron chi connectivity index (χ1n) is 6.65. The summed E-state index contributed by atoms with van der Waals surface area (Å²) >= 11 is 0. The molecule has 0 aliphatic carbocycles. The van der Waals surface area contributed by atoms with Crippen LogP contribution in [0.5, 0.6) is 5.75 Å². The molecule has 1 atom stereocenters. The molecule has 2 N–H and O–H groups in total. The molecule has 0 unspecified atom stereocenters. The second-order valence-electron chi connectivity index (χ2n) is 4.75. The molecular weight excluding hydrogens is 226 g/mol. The first-order chi connectivity index (χ1) is 8.63. The molecule has 1 aromatic rings. The predicted octanol–water partition coefficient (Wildman–Crippen LogP) is 4.10. The maximum atomic E-state index is 9.91. The molecule has 0 aliphatic heterocycles. The van der Waals surface area contributed by atoms with E-state index in [0.717, 1.165) is 31.2 Å². The fourth-order valence-corrected chi connectivity index (χ4v) is 2.20. The zero-order valence-electron chi connectivity index (χ0n) is 11.5. The number of unbranched alkanes of at least 4 members (excludes halogenated alkanes) is 1. The molecular formula is C15H23NO2. The highest BCUT2D eigenvalue weighted by Gasteiger charge is 2.19. The van der Waals surface area contributed by atoms with Gasteiger partial charge in [0, 0.05) is 11.5 Å². The van der Waals surface area contributed by atoms with Crippen LogP contribution < -0.4 is 0 Å². The van der Waals surface area contributed by atoms with Gasteiger partial charge in [0.15, 0.2) is 0 Å². The minimum Gasteiger partial charge on any atom is -0.507 e. The van der Waals surface area contributed by atoms with Crippen LogP contribution in [-0.2, 0) is 0 Å². The van der Waals surface area contributed by atoms with E-state index < -0.39 is 0 Å². The number of rotatable bonds is 6. The fraction of sp³-hybridized carbons (Fsp3) is 0.533. The average Bonchev–Trinajstić information content (AvgIpc) is 2.38. The van der Waals surface area contributed by atoms with Crippen molar-refractivity contribution in [2.45, 2.75) is 46.5 Å². The smallest absolute Gasteiger partial charge is 0.124 e. The van der Waals surface area contributed by atoms with Crippen molar-refractivity contribution in [2.24, 2.45) is 11.1 Å². The van der Waals surface area contributed by atoms with Crippen LogP contribution >= 0.6 is 0 Å². The number of aromatic hydroxyl groups is 1. The van der Waals surface area contributed by atoms with Gasteiger partial charge in [0.1, 0.15) is 5.75 Å². The highest BCUT2D eigenvalue weighted by atomic mass is 16.4. The SMILES string of the molecule is CCCC[C@H](CC)/C(=N/O)c1cc(C)ccc1O. The van der Waals surface area contributed by atoms with Gasteiger partial charge in [-0.15, -0.1) is 0 Å². The van der Waals surface area contributed by atoms with Crippen molar-refractivity contribution >= 4 is 5.71 Å². The molecule has 100 valence electrons. The summed E-state index contributed by atoms with van der Waals surface area (Å²) in [7, 11) is 0. The predicted molar refractivity (Wildman–Crippen MR) is 74.5 cm³/mol. The lowest BCUT2D eigenvalue weighted by Gasteiger charge is -2.17. The Morgan fingerprint density at radius 1 is 1.33 bits per heavy atom. The number of oxime groups is 1. The summed E-state index contributed by atoms with van der Waals surface area (Å²) < 4.78 is 0. The second-order valence-corrected chi connectivity index (χ2v) is 4.75. The van der Waals surface area contributed by atoms with Crippen LogP contribution in [0.1, 0.15) is 50.7 Å². The van der Waals surface area contributed by atoms with Crippen LogP contribution in [-0.4, -0.2) is 16.0 Å². The maximum absolute atomic E-state index is 9.91. The van der Waals surface area contributed by atoms with Crippen molar-refractivity contribution in [1.82, 2.24) is 0 Å². The highest BCUT2D eigenvalue weighted by Crippen LogP contribution is 2.26. The third-order valence-electron chi connectivity index (χ3n) is 3.32. The quantitative estimate of drug-likeness (QED) is 0.453. The van der Waals surface area contributed by atoms with Crippen LogP contribution in [0.25, 0.3) is 0 Å². The number of nitrogens with zero attached hydrogens (tertiary/aromatic N) is 1. The van der Waals surface area contributed by atoms with Gasteiger partial charge in [-0.25, -0.2) is 0 Å². The molecule has 0 bridgehead atoms. The van der Waals surface area contributed by atoms with Crippen molar-refractivity contribution in [2.75, 3.05) is 0 Å². The van der Waals surface area contributed by atoms with E-state index in [0.29, 0.717) is 11.3 Å². The topological polar surface area (TPSA) is 52.8 Å². The van der Waals surface area contributed by atoms with E-state index in [2.05, 4.69) is 19.0 Å². The van der Waals surface area contributed by atoms with Crippen molar-refractivity contribution in [3.8, 4) is 5.75 Å². The Morgan fingerprint density at radius 3 is 2.61 bits per heavy atom. The van der Waals surface area contributed by atoms with Gasteiger partial charge in [0.2, 0.25) is 0 Å². The van der Waals surface area contributed by atoms with Crippen LogP contribution in [0.15, 0.2) is 23.4 Å². The third-order valence-corrected chi connectivity index (χ3v) is 3.32. The Labute approximate surface area is 109 Å². The van der Waals surface area contributed by atoms with E-state index in [1.54, 1.807) is 6.07 Å². The van der Waals surface area contributed by atoms with Gasteiger partial charge < -0.3 is 10.3 Å². The van der Waals surface area contributed by atoms with E-state index in [1.165, 1.54) is 0 Å². The molecule has 0 saturated carbocycles. The van der Waals surface area contributed by atoms with Crippen LogP contribution in [0, 0.1) is 12.8 Å². The third kappa shape index (κ3) is 3.49. The summed E-state index contributed by atoms with van der Waals surface area (Å²) in [4.78, 5) is 0. The largest absolute Gasteiger partial charge is 0.507 e. The van der Waals surface area contributed by atoms with Gasteiger partial charge in [0.25, 0.3) is 0 Å². The van der Waals surface area contributed by atoms with E-state index in [-0.39, 0.29) is 11.7 Å². The first-order valence-corrected chi connectivity index (χ1v) is 6.65. The maximum Gasteiger partial charge on any atom is 0.124 e. The molecule has 0 heterocycles. The fourth-order valence-electron chi connectivity index (χ4n) is 2.20. The number of phenolic OH excluding ortho intramolecular Hbond substituents is 1. The first kappa shape index (κ1) is 14.6. The number of aryl methyl sites for hydroxylation is 1. The number of benzene rings is 1. The Balaban J connectivity index is 3.04. The summed E-state index contributed by atoms with van der Waals surface area (Å²) in [5.74, 6) is 0.381. The lowest BCUT2D eigenvalue weighted by molar-refractivity contribution is 0.313. The van der Waals surface area contributed by atoms with Gasteiger partial charge in [0.05, 0.1) is 5.71 Å². The van der Waals surface area contributed by atoms with Crippen molar-refractivity contribution < 1.29 is 10.3 Å². The molecule has 0 spiro atoms. The normalized spacial score (nSPS) is 13.6. The van der Waals surface area contributed by atoms with Crippen molar-refractivity contribution in [3.05, 3.63) is 29.3 Å². The van der Waals surface area contributed by atoms with Crippen LogP contribution in [0.2, 0.25) is 0 Å². The van der Waals surface area contributed by atoms with E-state index >= 15 is 0 Å². The molecule has 0 saturated heterocycles. The van der Waals surface area contributed by atoms with Crippen molar-refractivity contribution in [1.29, 1.82) is 0 Å². The van der Waals surface area contributed by atoms with Gasteiger partial charge >= 0.3 is 0 Å². The van der Waals surface area contributed by atoms with Gasteiger partial charge in [-0.2, -0.15) is 0 Å². The van der Waals surface area contributed by atoms with Crippen LogP contribution in [0.4, 0.5) is 0 Å². The van der Waals surface area contributed by atoms with Gasteiger partial charge in [-0.1, -0.05) is 43.5 Å². The lowest BCUT2D eigenvalue weighted by Crippen LogP contribution is -2.16. The highest BCUT2D eigenvalue weighted by molar-refractivity contribution is 6.04. The molecule has 1 aromatic carbocycles. The molecule has 0 aliphatic rings. The summed E-state index contributed by atoms with van der Waals surface area (Å²) in [6.45, 7) is 6.19. The standard InChI is InChI=1S/C15H23NO2/c1-4-6-7-12(5-2)15(16-18)13-10-11(3)8-9-14(13)17/h8-10,12,17-18H,4-7H2,1-3H3/b16-15-/t12-/m0/s1. The Hall–Kier alpha value is -1.51. The number of phenols is 1. The molecule has 0 fully saturated rings. The van der Waals surface area contributed by atoms with E-state index in [9.17, 15) is 10.3 Å². The number of hydrogen-bond donors (Lipinski definition) is 2. The Kier molecular flexibility index (Phi) is 5.69. The minimum atomic E-state index is 0.184. The summed E-state index contributed by atoms with van der Waals surface area (Å²) in [6, 6.07) is 5.38. The Bertz CT molecular complexity index is 413. The van der Waals surface area contributed by atoms with Gasteiger partial charge in [-0.3, -0.25) is 0 Å². The summed E-state index contributed by atoms with van der Waals surface area (Å²) in [5, 5.41) is 22.6. The molecule has 0 radical (unpaired) electrons. The number of hydrogen-bond acceptors (Lipinski definition) is 3.